The number of fused-ring (bicyclic) bond motifs is 1. The summed E-state index contributed by atoms with van der Waals surface area (Å²) in [4.78, 5) is 0. The summed E-state index contributed by atoms with van der Waals surface area (Å²) in [6.07, 6.45) is 5.38. The Morgan fingerprint density at radius 1 is 1.29 bits per heavy atom. The lowest BCUT2D eigenvalue weighted by Crippen LogP contribution is -2.31. The average Bonchev–Trinajstić information content (AvgIpc) is 2.45. The van der Waals surface area contributed by atoms with Crippen LogP contribution in [0.4, 0.5) is 0 Å². The molecule has 3 rings (SSSR count). The molecular formula is C16H23ClN2O2. The highest BCUT2D eigenvalue weighted by Crippen LogP contribution is 2.39. The lowest BCUT2D eigenvalue weighted by Gasteiger charge is -2.27. The molecule has 1 aromatic rings. The van der Waals surface area contributed by atoms with Gasteiger partial charge in [-0.05, 0) is 36.6 Å². The van der Waals surface area contributed by atoms with E-state index in [4.69, 9.17) is 26.8 Å². The fraction of sp³-hybridized carbons (Fsp3) is 0.625. The molecule has 1 saturated carbocycles. The quantitative estimate of drug-likeness (QED) is 0.848. The number of hydrogen-bond acceptors (Lipinski definition) is 4. The Hall–Kier alpha value is -0.970. The Bertz CT molecular complexity index is 491. The fourth-order valence-electron chi connectivity index (χ4n) is 2.91. The molecule has 0 bridgehead atoms. The first-order chi connectivity index (χ1) is 10.3. The third kappa shape index (κ3) is 3.44. The molecule has 1 atom stereocenters. The molecule has 0 aromatic heterocycles. The Morgan fingerprint density at radius 2 is 2.10 bits per heavy atom. The zero-order valence-corrected chi connectivity index (χ0v) is 13.0. The monoisotopic (exact) mass is 310 g/mol. The number of hydrogen-bond donors (Lipinski definition) is 2. The number of rotatable bonds is 6. The minimum Gasteiger partial charge on any atom is -0.486 e. The maximum atomic E-state index is 6.29. The first-order valence-electron chi connectivity index (χ1n) is 7.80. The molecule has 1 heterocycles. The maximum absolute atomic E-state index is 6.29. The van der Waals surface area contributed by atoms with Gasteiger partial charge in [0.15, 0.2) is 11.5 Å². The minimum atomic E-state index is 0.110. The van der Waals surface area contributed by atoms with E-state index in [0.717, 1.165) is 23.8 Å². The van der Waals surface area contributed by atoms with Crippen LogP contribution in [0.2, 0.25) is 5.02 Å². The molecule has 1 aromatic carbocycles. The van der Waals surface area contributed by atoms with Crippen molar-refractivity contribution in [3.8, 4) is 11.5 Å². The highest BCUT2D eigenvalue weighted by atomic mass is 35.5. The third-order valence-corrected chi connectivity index (χ3v) is 4.71. The molecule has 5 heteroatoms. The molecule has 0 amide bonds. The molecular weight excluding hydrogens is 288 g/mol. The lowest BCUT2D eigenvalue weighted by atomic mass is 9.83. The van der Waals surface area contributed by atoms with Gasteiger partial charge < -0.3 is 20.5 Å². The number of benzene rings is 1. The second kappa shape index (κ2) is 6.86. The van der Waals surface area contributed by atoms with Gasteiger partial charge in [-0.25, -0.2) is 0 Å². The third-order valence-electron chi connectivity index (χ3n) is 4.43. The van der Waals surface area contributed by atoms with E-state index >= 15 is 0 Å². The molecule has 3 N–H and O–H groups in total. The summed E-state index contributed by atoms with van der Waals surface area (Å²) in [6, 6.07) is 4.04. The van der Waals surface area contributed by atoms with Crippen LogP contribution in [0.3, 0.4) is 0 Å². The van der Waals surface area contributed by atoms with Gasteiger partial charge >= 0.3 is 0 Å². The zero-order chi connectivity index (χ0) is 14.7. The predicted octanol–water partition coefficient (Wildman–Crippen LogP) is 2.89. The number of nitrogens with one attached hydrogen (secondary N) is 1. The summed E-state index contributed by atoms with van der Waals surface area (Å²) in [6.45, 7) is 2.65. The SMILES string of the molecule is NCC(NCCC1CCC1)c1cc(Cl)c2c(c1)OCCO2. The first-order valence-corrected chi connectivity index (χ1v) is 8.18. The summed E-state index contributed by atoms with van der Waals surface area (Å²) in [7, 11) is 0. The van der Waals surface area contributed by atoms with Crippen LogP contribution < -0.4 is 20.5 Å². The van der Waals surface area contributed by atoms with Crippen molar-refractivity contribution in [3.63, 3.8) is 0 Å². The van der Waals surface area contributed by atoms with Crippen molar-refractivity contribution in [3.05, 3.63) is 22.7 Å². The number of nitrogens with two attached hydrogens (primary N) is 1. The van der Waals surface area contributed by atoms with E-state index in [-0.39, 0.29) is 6.04 Å². The summed E-state index contributed by atoms with van der Waals surface area (Å²) in [5, 5.41) is 4.14. The van der Waals surface area contributed by atoms with Gasteiger partial charge in [0.2, 0.25) is 0 Å². The maximum Gasteiger partial charge on any atom is 0.179 e. The number of halogens is 1. The molecule has 4 nitrogen and oxygen atoms in total. The molecule has 1 aliphatic heterocycles. The molecule has 116 valence electrons. The molecule has 0 spiro atoms. The van der Waals surface area contributed by atoms with Gasteiger partial charge in [-0.2, -0.15) is 0 Å². The largest absolute Gasteiger partial charge is 0.486 e. The van der Waals surface area contributed by atoms with Gasteiger partial charge in [0.1, 0.15) is 13.2 Å². The van der Waals surface area contributed by atoms with Crippen LogP contribution >= 0.6 is 11.6 Å². The highest BCUT2D eigenvalue weighted by Gasteiger charge is 2.21. The van der Waals surface area contributed by atoms with Crippen molar-refractivity contribution in [2.45, 2.75) is 31.7 Å². The average molecular weight is 311 g/mol. The fourth-order valence-corrected chi connectivity index (χ4v) is 3.19. The smallest absolute Gasteiger partial charge is 0.179 e. The molecule has 21 heavy (non-hydrogen) atoms. The van der Waals surface area contributed by atoms with Gasteiger partial charge in [-0.1, -0.05) is 30.9 Å². The van der Waals surface area contributed by atoms with Gasteiger partial charge in [-0.15, -0.1) is 0 Å². The van der Waals surface area contributed by atoms with Crippen LogP contribution in [0, 0.1) is 5.92 Å². The molecule has 1 unspecified atom stereocenters. The van der Waals surface area contributed by atoms with Crippen molar-refractivity contribution < 1.29 is 9.47 Å². The summed E-state index contributed by atoms with van der Waals surface area (Å²) in [5.41, 5.74) is 6.99. The number of ether oxygens (including phenoxy) is 2. The summed E-state index contributed by atoms with van der Waals surface area (Å²) < 4.78 is 11.2. The van der Waals surface area contributed by atoms with Crippen LogP contribution in [0.25, 0.3) is 0 Å². The van der Waals surface area contributed by atoms with E-state index in [1.165, 1.54) is 25.7 Å². The Morgan fingerprint density at radius 3 is 2.81 bits per heavy atom. The van der Waals surface area contributed by atoms with Crippen molar-refractivity contribution in [2.75, 3.05) is 26.3 Å². The predicted molar refractivity (Wildman–Crippen MR) is 84.2 cm³/mol. The summed E-state index contributed by atoms with van der Waals surface area (Å²) >= 11 is 6.29. The van der Waals surface area contributed by atoms with Crippen molar-refractivity contribution in [1.29, 1.82) is 0 Å². The summed E-state index contributed by atoms with van der Waals surface area (Å²) in [5.74, 6) is 2.28. The second-order valence-electron chi connectivity index (χ2n) is 5.85. The van der Waals surface area contributed by atoms with Gasteiger partial charge in [-0.3, -0.25) is 0 Å². The van der Waals surface area contributed by atoms with Gasteiger partial charge in [0.05, 0.1) is 5.02 Å². The topological polar surface area (TPSA) is 56.5 Å². The molecule has 1 fully saturated rings. The zero-order valence-electron chi connectivity index (χ0n) is 12.2. The minimum absolute atomic E-state index is 0.110. The van der Waals surface area contributed by atoms with Crippen molar-refractivity contribution >= 4 is 11.6 Å². The van der Waals surface area contributed by atoms with Crippen LogP contribution in [-0.2, 0) is 0 Å². The molecule has 2 aliphatic rings. The van der Waals surface area contributed by atoms with Crippen LogP contribution in [-0.4, -0.2) is 26.3 Å². The van der Waals surface area contributed by atoms with Crippen molar-refractivity contribution in [1.82, 2.24) is 5.32 Å². The molecule has 0 saturated heterocycles. The second-order valence-corrected chi connectivity index (χ2v) is 6.26. The first kappa shape index (κ1) is 14.9. The van der Waals surface area contributed by atoms with E-state index in [1.54, 1.807) is 0 Å². The van der Waals surface area contributed by atoms with E-state index in [2.05, 4.69) is 5.32 Å². The van der Waals surface area contributed by atoms with Crippen molar-refractivity contribution in [2.24, 2.45) is 11.7 Å². The Labute approximate surface area is 130 Å². The van der Waals surface area contributed by atoms with E-state index < -0.39 is 0 Å². The van der Waals surface area contributed by atoms with E-state index in [9.17, 15) is 0 Å². The van der Waals surface area contributed by atoms with Gasteiger partial charge in [0.25, 0.3) is 0 Å². The van der Waals surface area contributed by atoms with E-state index in [0.29, 0.717) is 30.5 Å². The normalized spacial score (nSPS) is 19.1. The Kier molecular flexibility index (Phi) is 4.88. The lowest BCUT2D eigenvalue weighted by molar-refractivity contribution is 0.171. The van der Waals surface area contributed by atoms with Gasteiger partial charge in [0, 0.05) is 12.6 Å². The highest BCUT2D eigenvalue weighted by molar-refractivity contribution is 6.32. The molecule has 0 radical (unpaired) electrons. The standard InChI is InChI=1S/C16H23ClN2O2/c17-13-8-12(9-15-16(13)21-7-6-20-15)14(10-18)19-5-4-11-2-1-3-11/h8-9,11,14,19H,1-7,10,18H2. The van der Waals surface area contributed by atoms with Crippen LogP contribution in [0.5, 0.6) is 11.5 Å². The van der Waals surface area contributed by atoms with Crippen LogP contribution in [0.15, 0.2) is 12.1 Å². The molecule has 1 aliphatic carbocycles. The van der Waals surface area contributed by atoms with E-state index in [1.807, 2.05) is 12.1 Å². The van der Waals surface area contributed by atoms with Crippen LogP contribution in [0.1, 0.15) is 37.3 Å². The Balaban J connectivity index is 1.66.